The summed E-state index contributed by atoms with van der Waals surface area (Å²) in [5, 5.41) is 20.5. The summed E-state index contributed by atoms with van der Waals surface area (Å²) in [7, 11) is 0. The van der Waals surface area contributed by atoms with Gasteiger partial charge in [-0.3, -0.25) is 4.79 Å². The van der Waals surface area contributed by atoms with Gasteiger partial charge in [-0.25, -0.2) is 0 Å². The van der Waals surface area contributed by atoms with E-state index in [-0.39, 0.29) is 12.0 Å². The highest BCUT2D eigenvalue weighted by atomic mass is 16.3. The van der Waals surface area contributed by atoms with Crippen LogP contribution in [0.25, 0.3) is 0 Å². The second-order valence-electron chi connectivity index (χ2n) is 3.94. The van der Waals surface area contributed by atoms with E-state index in [1.807, 2.05) is 6.07 Å². The van der Waals surface area contributed by atoms with Gasteiger partial charge in [-0.1, -0.05) is 6.07 Å². The Labute approximate surface area is 101 Å². The van der Waals surface area contributed by atoms with Crippen LogP contribution in [0.5, 0.6) is 0 Å². The smallest absolute Gasteiger partial charge is 0.251 e. The number of hydrogen-bond donors (Lipinski definition) is 2. The van der Waals surface area contributed by atoms with Crippen LogP contribution in [-0.4, -0.2) is 23.7 Å². The number of nitrogens with one attached hydrogen (secondary N) is 1. The molecule has 17 heavy (non-hydrogen) atoms. The van der Waals surface area contributed by atoms with Crippen LogP contribution in [0.3, 0.4) is 0 Å². The molecule has 4 heteroatoms. The Balaban J connectivity index is 2.44. The van der Waals surface area contributed by atoms with Gasteiger partial charge in [0.2, 0.25) is 0 Å². The third-order valence-electron chi connectivity index (χ3n) is 2.34. The van der Waals surface area contributed by atoms with Crippen LogP contribution in [0.4, 0.5) is 0 Å². The summed E-state index contributed by atoms with van der Waals surface area (Å²) in [5.74, 6) is -0.187. The van der Waals surface area contributed by atoms with E-state index in [0.29, 0.717) is 24.1 Å². The Bertz CT molecular complexity index is 422. The van der Waals surface area contributed by atoms with Gasteiger partial charge in [0, 0.05) is 12.1 Å². The molecule has 1 unspecified atom stereocenters. The van der Waals surface area contributed by atoms with Crippen LogP contribution in [0.2, 0.25) is 0 Å². The molecule has 2 N–H and O–H groups in total. The van der Waals surface area contributed by atoms with Gasteiger partial charge in [-0.05, 0) is 38.0 Å². The number of carbonyl (C=O) groups is 1. The first kappa shape index (κ1) is 13.2. The molecule has 0 saturated carbocycles. The Kier molecular flexibility index (Phi) is 5.18. The molecule has 0 fully saturated rings. The van der Waals surface area contributed by atoms with Crippen LogP contribution in [0.1, 0.15) is 35.7 Å². The molecule has 0 radical (unpaired) electrons. The zero-order valence-corrected chi connectivity index (χ0v) is 9.81. The fraction of sp³-hybridized carbons (Fsp3) is 0.385. The fourth-order valence-corrected chi connectivity index (χ4v) is 1.43. The monoisotopic (exact) mass is 232 g/mol. The van der Waals surface area contributed by atoms with E-state index >= 15 is 0 Å². The Hall–Kier alpha value is -1.86. The van der Waals surface area contributed by atoms with Crippen LogP contribution in [0, 0.1) is 11.3 Å². The van der Waals surface area contributed by atoms with Gasteiger partial charge in [-0.2, -0.15) is 5.26 Å². The molecule has 4 nitrogen and oxygen atoms in total. The predicted octanol–water partition coefficient (Wildman–Crippen LogP) is 1.45. The number of aliphatic hydroxyl groups excluding tert-OH is 1. The lowest BCUT2D eigenvalue weighted by molar-refractivity contribution is 0.0949. The summed E-state index contributed by atoms with van der Waals surface area (Å²) in [5.41, 5.74) is 0.961. The molecule has 0 spiro atoms. The van der Waals surface area contributed by atoms with E-state index in [2.05, 4.69) is 5.32 Å². The minimum Gasteiger partial charge on any atom is -0.393 e. The molecule has 1 aromatic carbocycles. The third kappa shape index (κ3) is 4.66. The van der Waals surface area contributed by atoms with Crippen molar-refractivity contribution in [3.05, 3.63) is 35.4 Å². The van der Waals surface area contributed by atoms with Gasteiger partial charge in [0.15, 0.2) is 0 Å². The molecule has 0 aliphatic rings. The molecule has 90 valence electrons. The van der Waals surface area contributed by atoms with Crippen LogP contribution >= 0.6 is 0 Å². The predicted molar refractivity (Wildman–Crippen MR) is 64.4 cm³/mol. The first-order valence-corrected chi connectivity index (χ1v) is 5.60. The lowest BCUT2D eigenvalue weighted by Gasteiger charge is -2.06. The van der Waals surface area contributed by atoms with Crippen molar-refractivity contribution in [1.82, 2.24) is 5.32 Å². The van der Waals surface area contributed by atoms with Gasteiger partial charge < -0.3 is 10.4 Å². The number of rotatable bonds is 5. The first-order valence-electron chi connectivity index (χ1n) is 5.60. The Morgan fingerprint density at radius 1 is 1.59 bits per heavy atom. The second kappa shape index (κ2) is 6.66. The Morgan fingerprint density at radius 2 is 2.35 bits per heavy atom. The number of carbonyl (C=O) groups excluding carboxylic acids is 1. The highest BCUT2D eigenvalue weighted by molar-refractivity contribution is 5.94. The average molecular weight is 232 g/mol. The molecular formula is C13H16N2O2. The lowest BCUT2D eigenvalue weighted by Crippen LogP contribution is -2.25. The highest BCUT2D eigenvalue weighted by Gasteiger charge is 2.05. The second-order valence-corrected chi connectivity index (χ2v) is 3.94. The highest BCUT2D eigenvalue weighted by Crippen LogP contribution is 2.04. The number of nitrogens with zero attached hydrogens (tertiary/aromatic N) is 1. The molecule has 1 aromatic rings. The molecule has 0 aliphatic heterocycles. The molecule has 0 heterocycles. The van der Waals surface area contributed by atoms with E-state index in [9.17, 15) is 4.79 Å². The van der Waals surface area contributed by atoms with Crippen molar-refractivity contribution in [2.45, 2.75) is 25.9 Å². The van der Waals surface area contributed by atoms with E-state index in [0.717, 1.165) is 6.42 Å². The van der Waals surface area contributed by atoms with Crippen molar-refractivity contribution in [3.63, 3.8) is 0 Å². The molecule has 0 aliphatic carbocycles. The summed E-state index contributed by atoms with van der Waals surface area (Å²) in [6, 6.07) is 8.56. The van der Waals surface area contributed by atoms with Crippen molar-refractivity contribution < 1.29 is 9.90 Å². The molecule has 1 amide bonds. The van der Waals surface area contributed by atoms with E-state index in [1.54, 1.807) is 31.2 Å². The van der Waals surface area contributed by atoms with Gasteiger partial charge in [0.25, 0.3) is 5.91 Å². The lowest BCUT2D eigenvalue weighted by atomic mass is 10.1. The van der Waals surface area contributed by atoms with Gasteiger partial charge in [0.1, 0.15) is 0 Å². The zero-order chi connectivity index (χ0) is 12.7. The number of amides is 1. The number of hydrogen-bond acceptors (Lipinski definition) is 3. The van der Waals surface area contributed by atoms with Crippen molar-refractivity contribution in [3.8, 4) is 6.07 Å². The van der Waals surface area contributed by atoms with Crippen LogP contribution < -0.4 is 5.32 Å². The topological polar surface area (TPSA) is 73.1 Å². The summed E-state index contributed by atoms with van der Waals surface area (Å²) in [6.45, 7) is 2.25. The summed E-state index contributed by atoms with van der Waals surface area (Å²) in [4.78, 5) is 11.7. The van der Waals surface area contributed by atoms with Crippen molar-refractivity contribution in [2.24, 2.45) is 0 Å². The standard InChI is InChI=1S/C13H16N2O2/c1-10(16)4-3-7-15-13(17)12-6-2-5-11(8-12)9-14/h2,5-6,8,10,16H,3-4,7H2,1H3,(H,15,17). The summed E-state index contributed by atoms with van der Waals surface area (Å²) >= 11 is 0. The fourth-order valence-electron chi connectivity index (χ4n) is 1.43. The summed E-state index contributed by atoms with van der Waals surface area (Å²) in [6.07, 6.45) is 1.06. The number of benzene rings is 1. The van der Waals surface area contributed by atoms with Crippen LogP contribution in [-0.2, 0) is 0 Å². The maximum absolute atomic E-state index is 11.7. The molecular weight excluding hydrogens is 216 g/mol. The van der Waals surface area contributed by atoms with Gasteiger partial charge >= 0.3 is 0 Å². The third-order valence-corrected chi connectivity index (χ3v) is 2.34. The maximum atomic E-state index is 11.7. The largest absolute Gasteiger partial charge is 0.393 e. The quantitative estimate of drug-likeness (QED) is 0.755. The summed E-state index contributed by atoms with van der Waals surface area (Å²) < 4.78 is 0. The SMILES string of the molecule is CC(O)CCCNC(=O)c1cccc(C#N)c1. The van der Waals surface area contributed by atoms with E-state index in [4.69, 9.17) is 10.4 Å². The molecule has 1 rings (SSSR count). The van der Waals surface area contributed by atoms with Crippen molar-refractivity contribution in [2.75, 3.05) is 6.54 Å². The normalized spacial score (nSPS) is 11.6. The van der Waals surface area contributed by atoms with Crippen molar-refractivity contribution in [1.29, 1.82) is 5.26 Å². The molecule has 0 aromatic heterocycles. The van der Waals surface area contributed by atoms with Gasteiger partial charge in [-0.15, -0.1) is 0 Å². The molecule has 1 atom stereocenters. The first-order chi connectivity index (χ1) is 8.13. The number of aliphatic hydroxyl groups is 1. The van der Waals surface area contributed by atoms with Crippen LogP contribution in [0.15, 0.2) is 24.3 Å². The zero-order valence-electron chi connectivity index (χ0n) is 9.81. The maximum Gasteiger partial charge on any atom is 0.251 e. The average Bonchev–Trinajstić information content (AvgIpc) is 2.34. The Morgan fingerprint density at radius 3 is 3.00 bits per heavy atom. The minimum absolute atomic E-state index is 0.187. The van der Waals surface area contributed by atoms with Crippen molar-refractivity contribution >= 4 is 5.91 Å². The molecule has 0 saturated heterocycles. The van der Waals surface area contributed by atoms with Gasteiger partial charge in [0.05, 0.1) is 17.7 Å². The number of nitriles is 1. The van der Waals surface area contributed by atoms with E-state index in [1.165, 1.54) is 0 Å². The minimum atomic E-state index is -0.339. The molecule has 0 bridgehead atoms. The van der Waals surface area contributed by atoms with E-state index < -0.39 is 0 Å².